The lowest BCUT2D eigenvalue weighted by Gasteiger charge is -2.33. The summed E-state index contributed by atoms with van der Waals surface area (Å²) in [5.74, 6) is 0.623. The molecule has 24 heavy (non-hydrogen) atoms. The number of nitrogens with zero attached hydrogens (tertiary/aromatic N) is 3. The van der Waals surface area contributed by atoms with E-state index in [0.29, 0.717) is 31.5 Å². The van der Waals surface area contributed by atoms with Gasteiger partial charge in [-0.2, -0.15) is 0 Å². The van der Waals surface area contributed by atoms with E-state index >= 15 is 0 Å². The minimum atomic E-state index is -0.346. The molecule has 7 heteroatoms. The molecule has 1 saturated heterocycles. The second-order valence-corrected chi connectivity index (χ2v) is 6.29. The quantitative estimate of drug-likeness (QED) is 0.863. The summed E-state index contributed by atoms with van der Waals surface area (Å²) >= 11 is 0. The SMILES string of the molecule is Cc1nnc(C2COCCN2C(=O)C2CC2c2cccc(F)c2)o1. The highest BCUT2D eigenvalue weighted by atomic mass is 19.1. The number of ether oxygens (including phenoxy) is 1. The average Bonchev–Trinajstić information content (AvgIpc) is 3.28. The number of benzene rings is 1. The third-order valence-electron chi connectivity index (χ3n) is 4.62. The number of carbonyl (C=O) groups is 1. The number of hydrogen-bond acceptors (Lipinski definition) is 5. The van der Waals surface area contributed by atoms with E-state index < -0.39 is 0 Å². The van der Waals surface area contributed by atoms with Crippen LogP contribution in [0.15, 0.2) is 28.7 Å². The lowest BCUT2D eigenvalue weighted by molar-refractivity contribution is -0.142. The number of hydrogen-bond donors (Lipinski definition) is 0. The van der Waals surface area contributed by atoms with Crippen molar-refractivity contribution < 1.29 is 18.3 Å². The Bertz CT molecular complexity index is 763. The van der Waals surface area contributed by atoms with E-state index in [0.717, 1.165) is 12.0 Å². The summed E-state index contributed by atoms with van der Waals surface area (Å²) in [4.78, 5) is 14.7. The molecule has 3 atom stereocenters. The van der Waals surface area contributed by atoms with Gasteiger partial charge in [0.15, 0.2) is 0 Å². The van der Waals surface area contributed by atoms with Crippen molar-refractivity contribution in [3.05, 3.63) is 47.4 Å². The number of aryl methyl sites for hydroxylation is 1. The minimum Gasteiger partial charge on any atom is -0.423 e. The van der Waals surface area contributed by atoms with Crippen LogP contribution < -0.4 is 0 Å². The van der Waals surface area contributed by atoms with Gasteiger partial charge in [0.25, 0.3) is 0 Å². The van der Waals surface area contributed by atoms with E-state index in [9.17, 15) is 9.18 Å². The van der Waals surface area contributed by atoms with Crippen LogP contribution in [0.2, 0.25) is 0 Å². The van der Waals surface area contributed by atoms with Gasteiger partial charge in [-0.1, -0.05) is 12.1 Å². The Morgan fingerprint density at radius 1 is 1.38 bits per heavy atom. The number of amides is 1. The molecule has 2 aromatic rings. The fourth-order valence-electron chi connectivity index (χ4n) is 3.31. The van der Waals surface area contributed by atoms with Gasteiger partial charge < -0.3 is 14.1 Å². The van der Waals surface area contributed by atoms with E-state index in [1.165, 1.54) is 12.1 Å². The van der Waals surface area contributed by atoms with Crippen molar-refractivity contribution in [2.24, 2.45) is 5.92 Å². The molecule has 126 valence electrons. The van der Waals surface area contributed by atoms with E-state index in [2.05, 4.69) is 10.2 Å². The van der Waals surface area contributed by atoms with Crippen LogP contribution in [-0.4, -0.2) is 40.8 Å². The number of halogens is 1. The van der Waals surface area contributed by atoms with Crippen molar-refractivity contribution in [1.29, 1.82) is 0 Å². The Kier molecular flexibility index (Phi) is 3.80. The van der Waals surface area contributed by atoms with Crippen molar-refractivity contribution in [2.75, 3.05) is 19.8 Å². The number of carbonyl (C=O) groups excluding carboxylic acids is 1. The van der Waals surface area contributed by atoms with Crippen molar-refractivity contribution in [1.82, 2.24) is 15.1 Å². The molecule has 1 aromatic heterocycles. The number of aromatic nitrogens is 2. The molecule has 1 aromatic carbocycles. The van der Waals surface area contributed by atoms with E-state index in [-0.39, 0.29) is 29.6 Å². The topological polar surface area (TPSA) is 68.5 Å². The molecular formula is C17H18FN3O3. The van der Waals surface area contributed by atoms with Crippen LogP contribution in [0.1, 0.15) is 35.7 Å². The van der Waals surface area contributed by atoms with Crippen LogP contribution in [0.5, 0.6) is 0 Å². The van der Waals surface area contributed by atoms with Gasteiger partial charge in [0, 0.05) is 19.4 Å². The summed E-state index contributed by atoms with van der Waals surface area (Å²) in [5.41, 5.74) is 0.881. The average molecular weight is 331 g/mol. The van der Waals surface area contributed by atoms with Crippen molar-refractivity contribution in [2.45, 2.75) is 25.3 Å². The van der Waals surface area contributed by atoms with Crippen LogP contribution in [0, 0.1) is 18.7 Å². The molecule has 0 radical (unpaired) electrons. The molecule has 2 heterocycles. The molecule has 1 saturated carbocycles. The molecule has 3 unspecified atom stereocenters. The lowest BCUT2D eigenvalue weighted by Crippen LogP contribution is -2.44. The predicted molar refractivity (Wildman–Crippen MR) is 81.6 cm³/mol. The molecular weight excluding hydrogens is 313 g/mol. The summed E-state index contributed by atoms with van der Waals surface area (Å²) in [7, 11) is 0. The van der Waals surface area contributed by atoms with Gasteiger partial charge in [-0.25, -0.2) is 4.39 Å². The molecule has 2 aliphatic rings. The van der Waals surface area contributed by atoms with E-state index in [1.807, 2.05) is 6.07 Å². The highest BCUT2D eigenvalue weighted by Crippen LogP contribution is 2.49. The standard InChI is InChI=1S/C17H18FN3O3/c1-10-19-20-16(24-10)15-9-23-6-5-21(15)17(22)14-8-13(14)11-3-2-4-12(18)7-11/h2-4,7,13-15H,5-6,8-9H2,1H3. The number of rotatable bonds is 3. The maximum absolute atomic E-state index is 13.4. The first kappa shape index (κ1) is 15.3. The zero-order valence-electron chi connectivity index (χ0n) is 13.3. The fraction of sp³-hybridized carbons (Fsp3) is 0.471. The van der Waals surface area contributed by atoms with Crippen molar-refractivity contribution in [3.8, 4) is 0 Å². The fourth-order valence-corrected chi connectivity index (χ4v) is 3.31. The van der Waals surface area contributed by atoms with Crippen molar-refractivity contribution in [3.63, 3.8) is 0 Å². The van der Waals surface area contributed by atoms with Gasteiger partial charge in [-0.05, 0) is 30.0 Å². The second-order valence-electron chi connectivity index (χ2n) is 6.29. The molecule has 0 spiro atoms. The normalized spacial score (nSPS) is 26.4. The summed E-state index contributed by atoms with van der Waals surface area (Å²) in [6.45, 7) is 3.06. The Balaban J connectivity index is 1.51. The largest absolute Gasteiger partial charge is 0.423 e. The third-order valence-corrected chi connectivity index (χ3v) is 4.62. The Morgan fingerprint density at radius 3 is 3.00 bits per heavy atom. The van der Waals surface area contributed by atoms with Crippen LogP contribution >= 0.6 is 0 Å². The molecule has 1 amide bonds. The Labute approximate surface area is 138 Å². The van der Waals surface area contributed by atoms with Gasteiger partial charge in [-0.3, -0.25) is 4.79 Å². The van der Waals surface area contributed by atoms with Gasteiger partial charge in [0.2, 0.25) is 17.7 Å². The number of morpholine rings is 1. The van der Waals surface area contributed by atoms with Gasteiger partial charge >= 0.3 is 0 Å². The molecule has 0 bridgehead atoms. The molecule has 1 aliphatic carbocycles. The molecule has 6 nitrogen and oxygen atoms in total. The van der Waals surface area contributed by atoms with E-state index in [1.54, 1.807) is 17.9 Å². The molecule has 0 N–H and O–H groups in total. The highest BCUT2D eigenvalue weighted by molar-refractivity contribution is 5.83. The zero-order chi connectivity index (χ0) is 16.7. The van der Waals surface area contributed by atoms with Gasteiger partial charge in [0.05, 0.1) is 13.2 Å². The lowest BCUT2D eigenvalue weighted by atomic mass is 10.1. The highest BCUT2D eigenvalue weighted by Gasteiger charge is 2.48. The first-order chi connectivity index (χ1) is 11.6. The predicted octanol–water partition coefficient (Wildman–Crippen LogP) is 2.22. The van der Waals surface area contributed by atoms with E-state index in [4.69, 9.17) is 9.15 Å². The Hall–Kier alpha value is -2.28. The van der Waals surface area contributed by atoms with Crippen molar-refractivity contribution >= 4 is 5.91 Å². The van der Waals surface area contributed by atoms with Gasteiger partial charge in [-0.15, -0.1) is 10.2 Å². The van der Waals surface area contributed by atoms with Crippen LogP contribution in [-0.2, 0) is 9.53 Å². The summed E-state index contributed by atoms with van der Waals surface area (Å²) in [6, 6.07) is 6.14. The molecule has 4 rings (SSSR count). The summed E-state index contributed by atoms with van der Waals surface area (Å²) in [5, 5.41) is 7.87. The maximum atomic E-state index is 13.4. The summed E-state index contributed by atoms with van der Waals surface area (Å²) in [6.07, 6.45) is 0.745. The summed E-state index contributed by atoms with van der Waals surface area (Å²) < 4.78 is 24.4. The smallest absolute Gasteiger partial charge is 0.241 e. The second kappa shape index (κ2) is 5.98. The minimum absolute atomic E-state index is 0.0495. The third kappa shape index (κ3) is 2.80. The first-order valence-corrected chi connectivity index (χ1v) is 8.07. The zero-order valence-corrected chi connectivity index (χ0v) is 13.3. The first-order valence-electron chi connectivity index (χ1n) is 8.07. The van der Waals surface area contributed by atoms with Crippen LogP contribution in [0.25, 0.3) is 0 Å². The maximum Gasteiger partial charge on any atom is 0.241 e. The monoisotopic (exact) mass is 331 g/mol. The van der Waals surface area contributed by atoms with Crippen LogP contribution in [0.4, 0.5) is 4.39 Å². The molecule has 2 fully saturated rings. The Morgan fingerprint density at radius 2 is 2.25 bits per heavy atom. The molecule has 1 aliphatic heterocycles. The van der Waals surface area contributed by atoms with Gasteiger partial charge in [0.1, 0.15) is 11.9 Å². The van der Waals surface area contributed by atoms with Crippen LogP contribution in [0.3, 0.4) is 0 Å².